The predicted molar refractivity (Wildman–Crippen MR) is 61.8 cm³/mol. The summed E-state index contributed by atoms with van der Waals surface area (Å²) in [6, 6.07) is 0. The number of hydrogen-bond acceptors (Lipinski definition) is 3. The van der Waals surface area contributed by atoms with Crippen LogP contribution in [0.2, 0.25) is 0 Å². The van der Waals surface area contributed by atoms with Crippen molar-refractivity contribution in [2.75, 3.05) is 6.26 Å². The number of thiazole rings is 1. The zero-order chi connectivity index (χ0) is 9.68. The van der Waals surface area contributed by atoms with E-state index in [1.807, 2.05) is 0 Å². The van der Waals surface area contributed by atoms with Gasteiger partial charge in [0.2, 0.25) is 0 Å². The lowest BCUT2D eigenvalue weighted by atomic mass is 9.98. The molecule has 1 rings (SSSR count). The lowest BCUT2D eigenvalue weighted by molar-refractivity contribution is 0.582. The van der Waals surface area contributed by atoms with E-state index in [4.69, 9.17) is 0 Å². The van der Waals surface area contributed by atoms with Crippen LogP contribution in [0.25, 0.3) is 0 Å². The van der Waals surface area contributed by atoms with Crippen molar-refractivity contribution in [3.05, 3.63) is 11.1 Å². The van der Waals surface area contributed by atoms with Crippen molar-refractivity contribution in [1.82, 2.24) is 4.98 Å². The van der Waals surface area contributed by atoms with Gasteiger partial charge in [0.15, 0.2) is 0 Å². The molecule has 0 saturated carbocycles. The molecule has 3 heteroatoms. The second-order valence-electron chi connectivity index (χ2n) is 3.14. The van der Waals surface area contributed by atoms with Gasteiger partial charge in [-0.1, -0.05) is 32.0 Å². The molecule has 1 aromatic rings. The van der Waals surface area contributed by atoms with Crippen molar-refractivity contribution in [3.8, 4) is 0 Å². The molecule has 0 aliphatic heterocycles. The molecule has 0 aromatic carbocycles. The molecule has 1 aromatic heterocycles. The molecule has 74 valence electrons. The molecule has 1 nitrogen and oxygen atoms in total. The maximum atomic E-state index is 4.60. The monoisotopic (exact) mass is 215 g/mol. The van der Waals surface area contributed by atoms with E-state index in [0.717, 1.165) is 0 Å². The van der Waals surface area contributed by atoms with Gasteiger partial charge in [-0.15, -0.1) is 11.3 Å². The highest BCUT2D eigenvalue weighted by Crippen LogP contribution is 2.28. The Balaban J connectivity index is 2.67. The first-order chi connectivity index (χ1) is 6.31. The van der Waals surface area contributed by atoms with Crippen LogP contribution in [0.15, 0.2) is 9.72 Å². The van der Waals surface area contributed by atoms with E-state index in [1.165, 1.54) is 29.3 Å². The summed E-state index contributed by atoms with van der Waals surface area (Å²) < 4.78 is 1.20. The molecule has 13 heavy (non-hydrogen) atoms. The van der Waals surface area contributed by atoms with Crippen LogP contribution < -0.4 is 0 Å². The largest absolute Gasteiger partial charge is 0.234 e. The minimum Gasteiger partial charge on any atom is -0.234 e. The zero-order valence-electron chi connectivity index (χ0n) is 8.54. The lowest BCUT2D eigenvalue weighted by Crippen LogP contribution is -1.96. The minimum absolute atomic E-state index is 0.683. The first-order valence-corrected chi connectivity index (χ1v) is 6.91. The zero-order valence-corrected chi connectivity index (χ0v) is 10.2. The summed E-state index contributed by atoms with van der Waals surface area (Å²) in [5, 5.41) is 2.22. The van der Waals surface area contributed by atoms with Gasteiger partial charge < -0.3 is 0 Å². The van der Waals surface area contributed by atoms with Gasteiger partial charge in [-0.25, -0.2) is 4.98 Å². The van der Waals surface area contributed by atoms with Gasteiger partial charge in [-0.3, -0.25) is 0 Å². The summed E-state index contributed by atoms with van der Waals surface area (Å²) in [5.41, 5.74) is 1.30. The van der Waals surface area contributed by atoms with Gasteiger partial charge >= 0.3 is 0 Å². The predicted octanol–water partition coefficient (Wildman–Crippen LogP) is 4.16. The molecule has 1 unspecified atom stereocenters. The van der Waals surface area contributed by atoms with Crippen molar-refractivity contribution in [1.29, 1.82) is 0 Å². The number of rotatable bonds is 5. The minimum atomic E-state index is 0.683. The lowest BCUT2D eigenvalue weighted by Gasteiger charge is -2.09. The Hall–Kier alpha value is -0.0200. The molecule has 0 aliphatic rings. The number of nitrogens with zero attached hydrogens (tertiary/aromatic N) is 1. The van der Waals surface area contributed by atoms with Gasteiger partial charge in [-0.2, -0.15) is 0 Å². The summed E-state index contributed by atoms with van der Waals surface area (Å²) in [6.07, 6.45) is 5.83. The highest BCUT2D eigenvalue weighted by molar-refractivity contribution is 8.00. The quantitative estimate of drug-likeness (QED) is 0.684. The third-order valence-electron chi connectivity index (χ3n) is 2.22. The second kappa shape index (κ2) is 5.66. The van der Waals surface area contributed by atoms with Gasteiger partial charge in [0, 0.05) is 11.3 Å². The van der Waals surface area contributed by atoms with Gasteiger partial charge in [0.05, 0.1) is 5.69 Å². The van der Waals surface area contributed by atoms with E-state index in [1.54, 1.807) is 23.1 Å². The molecule has 0 amide bonds. The maximum Gasteiger partial charge on any atom is 0.149 e. The van der Waals surface area contributed by atoms with Crippen LogP contribution in [0.4, 0.5) is 0 Å². The van der Waals surface area contributed by atoms with Gasteiger partial charge in [-0.05, 0) is 19.1 Å². The Morgan fingerprint density at radius 3 is 2.77 bits per heavy atom. The van der Waals surface area contributed by atoms with E-state index in [2.05, 4.69) is 30.5 Å². The molecular formula is C10H17NS2. The van der Waals surface area contributed by atoms with Crippen LogP contribution in [0.1, 0.15) is 44.7 Å². The first-order valence-electron chi connectivity index (χ1n) is 4.81. The van der Waals surface area contributed by atoms with E-state index < -0.39 is 0 Å². The van der Waals surface area contributed by atoms with Crippen molar-refractivity contribution in [3.63, 3.8) is 0 Å². The Kier molecular flexibility index (Phi) is 4.81. The second-order valence-corrected chi connectivity index (χ2v) is 5.05. The molecule has 0 radical (unpaired) electrons. The summed E-state index contributed by atoms with van der Waals surface area (Å²) >= 11 is 3.51. The van der Waals surface area contributed by atoms with Crippen LogP contribution in [-0.2, 0) is 0 Å². The maximum absolute atomic E-state index is 4.60. The number of thioether (sulfide) groups is 1. The van der Waals surface area contributed by atoms with E-state index in [-0.39, 0.29) is 0 Å². The standard InChI is InChI=1S/C10H17NS2/c1-4-6-8(5-2)9-7-13-10(11-9)12-3/h7-8H,4-6H2,1-3H3. The molecular weight excluding hydrogens is 198 g/mol. The van der Waals surface area contributed by atoms with E-state index in [9.17, 15) is 0 Å². The molecule has 0 saturated heterocycles. The number of hydrogen-bond donors (Lipinski definition) is 0. The highest BCUT2D eigenvalue weighted by Gasteiger charge is 2.11. The molecule has 0 aliphatic carbocycles. The Bertz CT molecular complexity index is 245. The van der Waals surface area contributed by atoms with Crippen molar-refractivity contribution >= 4 is 23.1 Å². The van der Waals surface area contributed by atoms with Crippen molar-refractivity contribution < 1.29 is 0 Å². The third kappa shape index (κ3) is 2.99. The molecule has 0 N–H and O–H groups in total. The Morgan fingerprint density at radius 1 is 1.54 bits per heavy atom. The van der Waals surface area contributed by atoms with Crippen molar-refractivity contribution in [2.24, 2.45) is 0 Å². The van der Waals surface area contributed by atoms with E-state index in [0.29, 0.717) is 5.92 Å². The normalized spacial score (nSPS) is 13.2. The smallest absolute Gasteiger partial charge is 0.149 e. The molecule has 1 atom stereocenters. The molecule has 0 spiro atoms. The van der Waals surface area contributed by atoms with Crippen LogP contribution >= 0.6 is 23.1 Å². The highest BCUT2D eigenvalue weighted by atomic mass is 32.2. The third-order valence-corrected chi connectivity index (χ3v) is 4.11. The van der Waals surface area contributed by atoms with Crippen LogP contribution in [0.5, 0.6) is 0 Å². The summed E-state index contributed by atoms with van der Waals surface area (Å²) in [6.45, 7) is 4.49. The fourth-order valence-corrected chi connectivity index (χ4v) is 2.81. The fourth-order valence-electron chi connectivity index (χ4n) is 1.46. The average molecular weight is 215 g/mol. The molecule has 1 heterocycles. The van der Waals surface area contributed by atoms with Crippen LogP contribution in [0.3, 0.4) is 0 Å². The van der Waals surface area contributed by atoms with Crippen LogP contribution in [-0.4, -0.2) is 11.2 Å². The SMILES string of the molecule is CCCC(CC)c1csc(SC)n1. The average Bonchev–Trinajstić information content (AvgIpc) is 2.62. The summed E-state index contributed by atoms with van der Waals surface area (Å²) in [5.74, 6) is 0.683. The topological polar surface area (TPSA) is 12.9 Å². The van der Waals surface area contributed by atoms with E-state index >= 15 is 0 Å². The molecule has 0 fully saturated rings. The Labute approximate surface area is 89.0 Å². The summed E-state index contributed by atoms with van der Waals surface area (Å²) in [7, 11) is 0. The summed E-state index contributed by atoms with van der Waals surface area (Å²) in [4.78, 5) is 4.60. The van der Waals surface area contributed by atoms with Gasteiger partial charge in [0.25, 0.3) is 0 Å². The van der Waals surface area contributed by atoms with Gasteiger partial charge in [0.1, 0.15) is 4.34 Å². The Morgan fingerprint density at radius 2 is 2.31 bits per heavy atom. The molecule has 0 bridgehead atoms. The fraction of sp³-hybridized carbons (Fsp3) is 0.700. The van der Waals surface area contributed by atoms with Crippen molar-refractivity contribution in [2.45, 2.75) is 43.4 Å². The van der Waals surface area contributed by atoms with Crippen LogP contribution in [0, 0.1) is 0 Å². The first kappa shape index (κ1) is 11.1. The number of aromatic nitrogens is 1.